The second kappa shape index (κ2) is 10.1. The molecule has 1 aromatic heterocycles. The maximum Gasteiger partial charge on any atom is 0.289 e. The number of nitrogens with zero attached hydrogens (tertiary/aromatic N) is 3. The van der Waals surface area contributed by atoms with Crippen molar-refractivity contribution in [2.24, 2.45) is 0 Å². The van der Waals surface area contributed by atoms with E-state index in [2.05, 4.69) is 29.2 Å². The summed E-state index contributed by atoms with van der Waals surface area (Å²) in [6.45, 7) is 3.86. The molecule has 1 aliphatic heterocycles. The van der Waals surface area contributed by atoms with Gasteiger partial charge in [0.15, 0.2) is 5.76 Å². The van der Waals surface area contributed by atoms with E-state index in [1.54, 1.807) is 17.0 Å². The normalized spacial score (nSPS) is 14.1. The summed E-state index contributed by atoms with van der Waals surface area (Å²) in [4.78, 5) is 31.3. The molecule has 2 heterocycles. The van der Waals surface area contributed by atoms with Gasteiger partial charge in [-0.2, -0.15) is 0 Å². The van der Waals surface area contributed by atoms with Crippen molar-refractivity contribution in [2.75, 3.05) is 32.7 Å². The van der Waals surface area contributed by atoms with Gasteiger partial charge in [-0.15, -0.1) is 0 Å². The summed E-state index contributed by atoms with van der Waals surface area (Å²) in [5.74, 6) is 0.320. The van der Waals surface area contributed by atoms with Crippen LogP contribution in [0.15, 0.2) is 83.5 Å². The van der Waals surface area contributed by atoms with Crippen LogP contribution in [-0.2, 0) is 17.9 Å². The van der Waals surface area contributed by atoms with Crippen LogP contribution in [0.2, 0.25) is 0 Å². The van der Waals surface area contributed by atoms with Crippen molar-refractivity contribution in [3.8, 4) is 0 Å². The predicted molar refractivity (Wildman–Crippen MR) is 118 cm³/mol. The number of carbonyl (C=O) groups excluding carboxylic acids is 2. The van der Waals surface area contributed by atoms with Gasteiger partial charge in [-0.1, -0.05) is 60.7 Å². The lowest BCUT2D eigenvalue weighted by Gasteiger charge is -2.35. The molecule has 4 rings (SSSR count). The van der Waals surface area contributed by atoms with Crippen LogP contribution in [0.4, 0.5) is 0 Å². The van der Waals surface area contributed by atoms with E-state index in [0.717, 1.165) is 0 Å². The number of hydrogen-bond donors (Lipinski definition) is 0. The van der Waals surface area contributed by atoms with Crippen LogP contribution < -0.4 is 0 Å². The fourth-order valence-corrected chi connectivity index (χ4v) is 3.86. The first-order chi connectivity index (χ1) is 15.2. The quantitative estimate of drug-likeness (QED) is 0.592. The minimum Gasteiger partial charge on any atom is -0.459 e. The zero-order valence-electron chi connectivity index (χ0n) is 17.5. The minimum atomic E-state index is -0.119. The van der Waals surface area contributed by atoms with Crippen molar-refractivity contribution in [3.63, 3.8) is 0 Å². The summed E-state index contributed by atoms with van der Waals surface area (Å²) >= 11 is 0. The average molecular weight is 418 g/mol. The highest BCUT2D eigenvalue weighted by Crippen LogP contribution is 2.13. The van der Waals surface area contributed by atoms with Gasteiger partial charge in [0.25, 0.3) is 5.91 Å². The molecule has 6 nitrogen and oxygen atoms in total. The number of hydrogen-bond acceptors (Lipinski definition) is 4. The van der Waals surface area contributed by atoms with Gasteiger partial charge in [-0.25, -0.2) is 0 Å². The minimum absolute atomic E-state index is 0.0944. The molecule has 1 fully saturated rings. The molecule has 6 heteroatoms. The molecule has 0 N–H and O–H groups in total. The lowest BCUT2D eigenvalue weighted by Crippen LogP contribution is -2.52. The Labute approximate surface area is 182 Å². The number of carbonyl (C=O) groups is 2. The van der Waals surface area contributed by atoms with Crippen LogP contribution in [-0.4, -0.2) is 59.2 Å². The van der Waals surface area contributed by atoms with E-state index in [9.17, 15) is 9.59 Å². The van der Waals surface area contributed by atoms with E-state index < -0.39 is 0 Å². The fraction of sp³-hybridized carbons (Fsp3) is 0.280. The van der Waals surface area contributed by atoms with E-state index in [-0.39, 0.29) is 11.8 Å². The van der Waals surface area contributed by atoms with Gasteiger partial charge in [0.2, 0.25) is 5.91 Å². The molecule has 1 saturated heterocycles. The van der Waals surface area contributed by atoms with Gasteiger partial charge in [0, 0.05) is 39.3 Å². The molecule has 3 aromatic rings. The fourth-order valence-electron chi connectivity index (χ4n) is 3.86. The van der Waals surface area contributed by atoms with E-state index >= 15 is 0 Å². The maximum atomic E-state index is 13.1. The lowest BCUT2D eigenvalue weighted by molar-refractivity contribution is -0.134. The molecule has 0 unspecified atom stereocenters. The first-order valence-corrected chi connectivity index (χ1v) is 10.6. The Bertz CT molecular complexity index is 924. The van der Waals surface area contributed by atoms with Crippen molar-refractivity contribution >= 4 is 11.8 Å². The highest BCUT2D eigenvalue weighted by molar-refractivity contribution is 5.91. The Morgan fingerprint density at radius 3 is 1.81 bits per heavy atom. The first kappa shape index (κ1) is 20.9. The third-order valence-electron chi connectivity index (χ3n) is 5.51. The molecule has 31 heavy (non-hydrogen) atoms. The van der Waals surface area contributed by atoms with Crippen molar-refractivity contribution < 1.29 is 14.0 Å². The molecule has 0 aliphatic carbocycles. The van der Waals surface area contributed by atoms with Crippen molar-refractivity contribution in [1.29, 1.82) is 0 Å². The summed E-state index contributed by atoms with van der Waals surface area (Å²) in [5.41, 5.74) is 2.36. The van der Waals surface area contributed by atoms with Gasteiger partial charge in [0.05, 0.1) is 12.8 Å². The predicted octanol–water partition coefficient (Wildman–Crippen LogP) is 3.27. The molecule has 0 saturated carbocycles. The first-order valence-electron chi connectivity index (χ1n) is 10.6. The van der Waals surface area contributed by atoms with Gasteiger partial charge < -0.3 is 14.2 Å². The molecule has 0 radical (unpaired) electrons. The SMILES string of the molecule is O=C(CN(Cc1ccccc1)Cc1ccccc1)N1CCN(C(=O)c2ccco2)CC1. The van der Waals surface area contributed by atoms with Crippen LogP contribution in [0.1, 0.15) is 21.7 Å². The van der Waals surface area contributed by atoms with Crippen molar-refractivity contribution in [1.82, 2.24) is 14.7 Å². The summed E-state index contributed by atoms with van der Waals surface area (Å²) in [7, 11) is 0. The largest absolute Gasteiger partial charge is 0.459 e. The molecular formula is C25H27N3O3. The van der Waals surface area contributed by atoms with Crippen LogP contribution in [0.25, 0.3) is 0 Å². The molecule has 0 atom stereocenters. The maximum absolute atomic E-state index is 13.1. The second-order valence-corrected chi connectivity index (χ2v) is 7.77. The molecular weight excluding hydrogens is 390 g/mol. The molecule has 2 amide bonds. The highest BCUT2D eigenvalue weighted by atomic mass is 16.3. The van der Waals surface area contributed by atoms with E-state index in [1.807, 2.05) is 41.3 Å². The standard InChI is InChI=1S/C25H27N3O3/c29-24(27-13-15-28(16-14-27)25(30)23-12-7-17-31-23)20-26(18-21-8-3-1-4-9-21)19-22-10-5-2-6-11-22/h1-12,17H,13-16,18-20H2. The summed E-state index contributed by atoms with van der Waals surface area (Å²) < 4.78 is 5.21. The summed E-state index contributed by atoms with van der Waals surface area (Å²) in [5, 5.41) is 0. The van der Waals surface area contributed by atoms with Crippen molar-refractivity contribution in [2.45, 2.75) is 13.1 Å². The molecule has 1 aliphatic rings. The van der Waals surface area contributed by atoms with Crippen LogP contribution in [0, 0.1) is 0 Å². The smallest absolute Gasteiger partial charge is 0.289 e. The van der Waals surface area contributed by atoms with E-state index in [1.165, 1.54) is 17.4 Å². The number of piperazine rings is 1. The van der Waals surface area contributed by atoms with Crippen LogP contribution in [0.5, 0.6) is 0 Å². The van der Waals surface area contributed by atoms with E-state index in [0.29, 0.717) is 51.6 Å². The Morgan fingerprint density at radius 1 is 0.742 bits per heavy atom. The van der Waals surface area contributed by atoms with Crippen LogP contribution >= 0.6 is 0 Å². The topological polar surface area (TPSA) is 57.0 Å². The van der Waals surface area contributed by atoms with Gasteiger partial charge in [-0.05, 0) is 23.3 Å². The van der Waals surface area contributed by atoms with Gasteiger partial charge in [0.1, 0.15) is 0 Å². The summed E-state index contributed by atoms with van der Waals surface area (Å²) in [6.07, 6.45) is 1.50. The van der Waals surface area contributed by atoms with Crippen LogP contribution in [0.3, 0.4) is 0 Å². The average Bonchev–Trinajstić information content (AvgIpc) is 3.35. The Balaban J connectivity index is 1.36. The Hall–Kier alpha value is -3.38. The monoisotopic (exact) mass is 417 g/mol. The number of benzene rings is 2. The van der Waals surface area contributed by atoms with Crippen molar-refractivity contribution in [3.05, 3.63) is 95.9 Å². The third kappa shape index (κ3) is 5.61. The molecule has 0 spiro atoms. The van der Waals surface area contributed by atoms with Gasteiger partial charge >= 0.3 is 0 Å². The Kier molecular flexibility index (Phi) is 6.79. The molecule has 0 bridgehead atoms. The zero-order chi connectivity index (χ0) is 21.5. The number of rotatable bonds is 7. The molecule has 2 aromatic carbocycles. The zero-order valence-corrected chi connectivity index (χ0v) is 17.5. The Morgan fingerprint density at radius 2 is 1.29 bits per heavy atom. The molecule has 160 valence electrons. The van der Waals surface area contributed by atoms with E-state index in [4.69, 9.17) is 4.42 Å². The third-order valence-corrected chi connectivity index (χ3v) is 5.51. The lowest BCUT2D eigenvalue weighted by atomic mass is 10.1. The summed E-state index contributed by atoms with van der Waals surface area (Å²) in [6, 6.07) is 23.8. The number of furan rings is 1. The second-order valence-electron chi connectivity index (χ2n) is 7.77. The number of amides is 2. The van der Waals surface area contributed by atoms with Gasteiger partial charge in [-0.3, -0.25) is 14.5 Å². The highest BCUT2D eigenvalue weighted by Gasteiger charge is 2.27.